The quantitative estimate of drug-likeness (QED) is 0.811. The molecule has 1 amide bonds. The first-order valence-corrected chi connectivity index (χ1v) is 7.24. The van der Waals surface area contributed by atoms with Crippen molar-refractivity contribution in [3.05, 3.63) is 0 Å². The maximum Gasteiger partial charge on any atom is 0.249 e. The van der Waals surface area contributed by atoms with Crippen LogP contribution in [0.15, 0.2) is 0 Å². The number of amides is 1. The minimum atomic E-state index is -0.246. The molecule has 1 saturated heterocycles. The molecule has 0 aromatic heterocycles. The predicted molar refractivity (Wildman–Crippen MR) is 73.3 cm³/mol. The van der Waals surface area contributed by atoms with Crippen molar-refractivity contribution in [1.29, 1.82) is 0 Å². The highest BCUT2D eigenvalue weighted by Gasteiger charge is 2.31. The molecular formula is C13H24BrNO2. The van der Waals surface area contributed by atoms with Gasteiger partial charge in [0.25, 0.3) is 0 Å². The van der Waals surface area contributed by atoms with Gasteiger partial charge < -0.3 is 10.1 Å². The number of rotatable bonds is 4. The number of carbonyl (C=O) groups excluding carboxylic acids is 1. The number of hydrogen-bond acceptors (Lipinski definition) is 2. The van der Waals surface area contributed by atoms with Gasteiger partial charge in [0, 0.05) is 18.0 Å². The summed E-state index contributed by atoms with van der Waals surface area (Å²) < 4.78 is 5.43. The van der Waals surface area contributed by atoms with Gasteiger partial charge in [-0.15, -0.1) is 0 Å². The Balaban J connectivity index is 2.28. The normalized spacial score (nSPS) is 26.9. The molecule has 0 aromatic rings. The standard InChI is InChI=1S/C13H24BrNO2/c1-9-5-6-17-11(9)12(16)15-8-10(14)7-13(2,3)4/h9-11H,5-8H2,1-4H3,(H,15,16). The summed E-state index contributed by atoms with van der Waals surface area (Å²) in [6, 6.07) is 0. The van der Waals surface area contributed by atoms with Crippen molar-refractivity contribution in [2.24, 2.45) is 11.3 Å². The molecule has 0 aromatic carbocycles. The van der Waals surface area contributed by atoms with Gasteiger partial charge in [-0.1, -0.05) is 43.6 Å². The highest BCUT2D eigenvalue weighted by Crippen LogP contribution is 2.24. The molecule has 3 atom stereocenters. The molecule has 0 spiro atoms. The summed E-state index contributed by atoms with van der Waals surface area (Å²) >= 11 is 3.61. The lowest BCUT2D eigenvalue weighted by molar-refractivity contribution is -0.131. The molecule has 3 unspecified atom stereocenters. The second-order valence-electron chi connectivity index (χ2n) is 6.16. The molecule has 100 valence electrons. The Morgan fingerprint density at radius 2 is 2.18 bits per heavy atom. The molecule has 1 aliphatic rings. The number of alkyl halides is 1. The third kappa shape index (κ3) is 5.38. The predicted octanol–water partition coefficient (Wildman–Crippen LogP) is 2.73. The number of nitrogens with one attached hydrogen (secondary N) is 1. The van der Waals surface area contributed by atoms with Crippen molar-refractivity contribution in [2.75, 3.05) is 13.2 Å². The monoisotopic (exact) mass is 305 g/mol. The first kappa shape index (κ1) is 15.0. The molecule has 3 nitrogen and oxygen atoms in total. The molecule has 0 bridgehead atoms. The van der Waals surface area contributed by atoms with Crippen molar-refractivity contribution in [2.45, 2.75) is 51.5 Å². The fraction of sp³-hybridized carbons (Fsp3) is 0.923. The van der Waals surface area contributed by atoms with Gasteiger partial charge in [-0.2, -0.15) is 0 Å². The van der Waals surface area contributed by atoms with Gasteiger partial charge in [0.1, 0.15) is 6.10 Å². The highest BCUT2D eigenvalue weighted by atomic mass is 79.9. The van der Waals surface area contributed by atoms with Crippen LogP contribution in [-0.2, 0) is 9.53 Å². The molecule has 17 heavy (non-hydrogen) atoms. The van der Waals surface area contributed by atoms with E-state index in [-0.39, 0.29) is 17.4 Å². The molecule has 1 rings (SSSR count). The minimum absolute atomic E-state index is 0.0355. The molecule has 1 fully saturated rings. The Bertz CT molecular complexity index is 263. The SMILES string of the molecule is CC1CCOC1C(=O)NCC(Br)CC(C)(C)C. The summed E-state index contributed by atoms with van der Waals surface area (Å²) in [5, 5.41) is 2.97. The van der Waals surface area contributed by atoms with Crippen molar-refractivity contribution >= 4 is 21.8 Å². The molecule has 1 aliphatic heterocycles. The molecule has 1 heterocycles. The van der Waals surface area contributed by atoms with E-state index in [1.807, 2.05) is 0 Å². The fourth-order valence-corrected chi connectivity index (χ4v) is 3.21. The van der Waals surface area contributed by atoms with Gasteiger partial charge in [0.2, 0.25) is 5.91 Å². The van der Waals surface area contributed by atoms with Crippen LogP contribution < -0.4 is 5.32 Å². The second kappa shape index (κ2) is 6.19. The summed E-state index contributed by atoms with van der Waals surface area (Å²) in [6.07, 6.45) is 1.77. The first-order chi connectivity index (χ1) is 7.79. The van der Waals surface area contributed by atoms with Crippen LogP contribution in [0.5, 0.6) is 0 Å². The Labute approximate surface area is 113 Å². The van der Waals surface area contributed by atoms with E-state index in [4.69, 9.17) is 4.74 Å². The molecular weight excluding hydrogens is 282 g/mol. The van der Waals surface area contributed by atoms with Crippen LogP contribution >= 0.6 is 15.9 Å². The van der Waals surface area contributed by atoms with Crippen LogP contribution in [0.25, 0.3) is 0 Å². The summed E-state index contributed by atoms with van der Waals surface area (Å²) in [5.41, 5.74) is 0.274. The first-order valence-electron chi connectivity index (χ1n) is 6.33. The highest BCUT2D eigenvalue weighted by molar-refractivity contribution is 9.09. The second-order valence-corrected chi connectivity index (χ2v) is 7.46. The smallest absolute Gasteiger partial charge is 0.249 e. The van der Waals surface area contributed by atoms with E-state index in [2.05, 4.69) is 48.9 Å². The lowest BCUT2D eigenvalue weighted by Crippen LogP contribution is -2.40. The van der Waals surface area contributed by atoms with Gasteiger partial charge in [0.05, 0.1) is 0 Å². The molecule has 0 aliphatic carbocycles. The fourth-order valence-electron chi connectivity index (χ4n) is 2.08. The van der Waals surface area contributed by atoms with E-state index in [0.717, 1.165) is 12.8 Å². The summed E-state index contributed by atoms with van der Waals surface area (Å²) in [7, 11) is 0. The zero-order chi connectivity index (χ0) is 13.1. The number of hydrogen-bond donors (Lipinski definition) is 1. The third-order valence-electron chi connectivity index (χ3n) is 2.98. The van der Waals surface area contributed by atoms with Crippen molar-refractivity contribution in [3.63, 3.8) is 0 Å². The maximum absolute atomic E-state index is 11.9. The van der Waals surface area contributed by atoms with E-state index >= 15 is 0 Å². The molecule has 1 N–H and O–H groups in total. The Morgan fingerprint density at radius 3 is 2.65 bits per heavy atom. The third-order valence-corrected chi connectivity index (χ3v) is 3.62. The van der Waals surface area contributed by atoms with E-state index in [9.17, 15) is 4.79 Å². The summed E-state index contributed by atoms with van der Waals surface area (Å²) in [5.74, 6) is 0.375. The van der Waals surface area contributed by atoms with Crippen LogP contribution in [0.4, 0.5) is 0 Å². The van der Waals surface area contributed by atoms with Gasteiger partial charge in [-0.05, 0) is 24.2 Å². The zero-order valence-corrected chi connectivity index (χ0v) is 12.8. The lowest BCUT2D eigenvalue weighted by Gasteiger charge is -2.23. The molecule has 4 heteroatoms. The van der Waals surface area contributed by atoms with Gasteiger partial charge in [-0.25, -0.2) is 0 Å². The van der Waals surface area contributed by atoms with Crippen molar-refractivity contribution in [1.82, 2.24) is 5.32 Å². The Hall–Kier alpha value is -0.0900. The topological polar surface area (TPSA) is 38.3 Å². The molecule has 0 radical (unpaired) electrons. The zero-order valence-electron chi connectivity index (χ0n) is 11.3. The van der Waals surface area contributed by atoms with Crippen LogP contribution in [-0.4, -0.2) is 30.0 Å². The van der Waals surface area contributed by atoms with Crippen molar-refractivity contribution in [3.8, 4) is 0 Å². The molecule has 0 saturated carbocycles. The van der Waals surface area contributed by atoms with Crippen LogP contribution in [0.3, 0.4) is 0 Å². The van der Waals surface area contributed by atoms with Gasteiger partial charge >= 0.3 is 0 Å². The van der Waals surface area contributed by atoms with Crippen molar-refractivity contribution < 1.29 is 9.53 Å². The Kier molecular flexibility index (Phi) is 5.45. The number of halogens is 1. The summed E-state index contributed by atoms with van der Waals surface area (Å²) in [4.78, 5) is 12.2. The van der Waals surface area contributed by atoms with Gasteiger partial charge in [-0.3, -0.25) is 4.79 Å². The van der Waals surface area contributed by atoms with E-state index < -0.39 is 0 Å². The average molecular weight is 306 g/mol. The number of ether oxygens (including phenoxy) is 1. The van der Waals surface area contributed by atoms with E-state index in [0.29, 0.717) is 23.9 Å². The Morgan fingerprint density at radius 1 is 1.53 bits per heavy atom. The maximum atomic E-state index is 11.9. The van der Waals surface area contributed by atoms with Gasteiger partial charge in [0.15, 0.2) is 0 Å². The number of carbonyl (C=O) groups is 1. The van der Waals surface area contributed by atoms with E-state index in [1.54, 1.807) is 0 Å². The largest absolute Gasteiger partial charge is 0.368 e. The van der Waals surface area contributed by atoms with Crippen LogP contribution in [0.2, 0.25) is 0 Å². The summed E-state index contributed by atoms with van der Waals surface area (Å²) in [6.45, 7) is 10.0. The minimum Gasteiger partial charge on any atom is -0.368 e. The average Bonchev–Trinajstić information content (AvgIpc) is 2.58. The van der Waals surface area contributed by atoms with Crippen LogP contribution in [0, 0.1) is 11.3 Å². The lowest BCUT2D eigenvalue weighted by atomic mass is 9.90. The van der Waals surface area contributed by atoms with E-state index in [1.165, 1.54) is 0 Å². The van der Waals surface area contributed by atoms with Crippen LogP contribution in [0.1, 0.15) is 40.5 Å².